The largest absolute Gasteiger partial charge is 0.447 e. The second-order valence-electron chi connectivity index (χ2n) is 5.50. The van der Waals surface area contributed by atoms with Crippen LogP contribution in [0.2, 0.25) is 0 Å². The number of anilines is 1. The Morgan fingerprint density at radius 2 is 2.11 bits per heavy atom. The topological polar surface area (TPSA) is 41.6 Å². The average Bonchev–Trinajstić information content (AvgIpc) is 2.60. The summed E-state index contributed by atoms with van der Waals surface area (Å²) >= 11 is 0. The van der Waals surface area contributed by atoms with Gasteiger partial charge in [-0.25, -0.2) is 4.79 Å². The Hall–Kier alpha value is -1.55. The number of amides is 1. The van der Waals surface area contributed by atoms with Crippen LogP contribution >= 0.6 is 0 Å². The summed E-state index contributed by atoms with van der Waals surface area (Å²) in [4.78, 5) is 14.1. The van der Waals surface area contributed by atoms with Gasteiger partial charge in [-0.1, -0.05) is 18.2 Å². The molecule has 1 spiro atoms. The summed E-state index contributed by atoms with van der Waals surface area (Å²) in [6.07, 6.45) is 2.84. The van der Waals surface area contributed by atoms with Crippen molar-refractivity contribution < 1.29 is 9.53 Å². The summed E-state index contributed by atoms with van der Waals surface area (Å²) in [5.41, 5.74) is 1.96. The first-order valence-electron chi connectivity index (χ1n) is 6.96. The molecule has 3 rings (SSSR count). The summed E-state index contributed by atoms with van der Waals surface area (Å²) in [5, 5.41) is 3.41. The summed E-state index contributed by atoms with van der Waals surface area (Å²) in [6, 6.07) is 8.05. The zero-order valence-corrected chi connectivity index (χ0v) is 11.3. The van der Waals surface area contributed by atoms with Crippen molar-refractivity contribution in [3.63, 3.8) is 0 Å². The highest BCUT2D eigenvalue weighted by atomic mass is 16.6. The second kappa shape index (κ2) is 4.85. The zero-order chi connectivity index (χ0) is 13.3. The molecule has 0 aliphatic carbocycles. The molecule has 1 amide bonds. The molecule has 1 atom stereocenters. The van der Waals surface area contributed by atoms with Gasteiger partial charge in [0.25, 0.3) is 0 Å². The molecule has 4 heteroatoms. The normalized spacial score (nSPS) is 27.4. The lowest BCUT2D eigenvalue weighted by atomic mass is 9.89. The molecule has 1 unspecified atom stereocenters. The minimum absolute atomic E-state index is 0.160. The van der Waals surface area contributed by atoms with Gasteiger partial charge in [-0.2, -0.15) is 0 Å². The van der Waals surface area contributed by atoms with Crippen LogP contribution in [0, 0.1) is 6.92 Å². The lowest BCUT2D eigenvalue weighted by Crippen LogP contribution is -2.48. The van der Waals surface area contributed by atoms with Crippen molar-refractivity contribution in [2.75, 3.05) is 24.6 Å². The third-order valence-electron chi connectivity index (χ3n) is 4.24. The number of cyclic esters (lactones) is 1. The molecule has 0 aromatic heterocycles. The van der Waals surface area contributed by atoms with Crippen molar-refractivity contribution in [1.82, 2.24) is 5.32 Å². The number of aryl methyl sites for hydroxylation is 1. The SMILES string of the molecule is Cc1ccccc1N1C(=O)OCC12CCCNCC2. The van der Waals surface area contributed by atoms with Crippen LogP contribution in [0.25, 0.3) is 0 Å². The Bertz CT molecular complexity index is 479. The van der Waals surface area contributed by atoms with Crippen molar-refractivity contribution >= 4 is 11.8 Å². The third-order valence-corrected chi connectivity index (χ3v) is 4.24. The molecule has 102 valence electrons. The molecule has 2 aliphatic heterocycles. The minimum atomic E-state index is -0.198. The maximum absolute atomic E-state index is 12.2. The van der Waals surface area contributed by atoms with Crippen LogP contribution in [0.15, 0.2) is 24.3 Å². The molecular weight excluding hydrogens is 240 g/mol. The van der Waals surface area contributed by atoms with Crippen LogP contribution in [0.5, 0.6) is 0 Å². The smallest absolute Gasteiger partial charge is 0.415 e. The van der Waals surface area contributed by atoms with Gasteiger partial charge < -0.3 is 10.1 Å². The maximum Gasteiger partial charge on any atom is 0.415 e. The molecule has 1 N–H and O–H groups in total. The fraction of sp³-hybridized carbons (Fsp3) is 0.533. The first-order valence-corrected chi connectivity index (χ1v) is 6.96. The van der Waals surface area contributed by atoms with Crippen LogP contribution in [0.3, 0.4) is 0 Å². The molecule has 0 saturated carbocycles. The first kappa shape index (κ1) is 12.5. The van der Waals surface area contributed by atoms with Crippen molar-refractivity contribution in [1.29, 1.82) is 0 Å². The van der Waals surface area contributed by atoms with Gasteiger partial charge in [-0.05, 0) is 50.9 Å². The van der Waals surface area contributed by atoms with Gasteiger partial charge in [-0.15, -0.1) is 0 Å². The number of para-hydroxylation sites is 1. The Kier molecular flexibility index (Phi) is 3.19. The number of carbonyl (C=O) groups excluding carboxylic acids is 1. The third kappa shape index (κ3) is 2.10. The highest BCUT2D eigenvalue weighted by molar-refractivity contribution is 5.92. The number of carbonyl (C=O) groups is 1. The van der Waals surface area contributed by atoms with Crippen molar-refractivity contribution in [2.24, 2.45) is 0 Å². The molecule has 2 saturated heterocycles. The van der Waals surface area contributed by atoms with E-state index in [0.717, 1.165) is 43.6 Å². The highest BCUT2D eigenvalue weighted by Gasteiger charge is 2.48. The Labute approximate surface area is 113 Å². The summed E-state index contributed by atoms with van der Waals surface area (Å²) in [6.45, 7) is 4.53. The predicted molar refractivity (Wildman–Crippen MR) is 74.5 cm³/mol. The maximum atomic E-state index is 12.2. The molecule has 1 aromatic carbocycles. The fourth-order valence-corrected chi connectivity index (χ4v) is 3.17. The monoisotopic (exact) mass is 260 g/mol. The zero-order valence-electron chi connectivity index (χ0n) is 11.3. The summed E-state index contributed by atoms with van der Waals surface area (Å²) in [5.74, 6) is 0. The number of hydrogen-bond acceptors (Lipinski definition) is 3. The number of hydrogen-bond donors (Lipinski definition) is 1. The molecule has 0 radical (unpaired) electrons. The Morgan fingerprint density at radius 1 is 1.26 bits per heavy atom. The van der Waals surface area contributed by atoms with E-state index in [1.807, 2.05) is 36.1 Å². The number of benzene rings is 1. The van der Waals surface area contributed by atoms with Gasteiger partial charge in [0, 0.05) is 0 Å². The van der Waals surface area contributed by atoms with Crippen LogP contribution < -0.4 is 10.2 Å². The number of nitrogens with one attached hydrogen (secondary N) is 1. The quantitative estimate of drug-likeness (QED) is 0.843. The molecule has 2 aliphatic rings. The summed E-state index contributed by atoms with van der Waals surface area (Å²) in [7, 11) is 0. The van der Waals surface area contributed by atoms with Gasteiger partial charge in [-0.3, -0.25) is 4.90 Å². The van der Waals surface area contributed by atoms with Crippen LogP contribution in [0.1, 0.15) is 24.8 Å². The lowest BCUT2D eigenvalue weighted by Gasteiger charge is -2.35. The summed E-state index contributed by atoms with van der Waals surface area (Å²) < 4.78 is 5.38. The fourth-order valence-electron chi connectivity index (χ4n) is 3.17. The van der Waals surface area contributed by atoms with Gasteiger partial charge in [0.2, 0.25) is 0 Å². The van der Waals surface area contributed by atoms with Gasteiger partial charge in [0.15, 0.2) is 0 Å². The van der Waals surface area contributed by atoms with Crippen molar-refractivity contribution in [2.45, 2.75) is 31.7 Å². The van der Waals surface area contributed by atoms with E-state index in [9.17, 15) is 4.79 Å². The van der Waals surface area contributed by atoms with Gasteiger partial charge in [0.1, 0.15) is 6.61 Å². The number of ether oxygens (including phenoxy) is 1. The van der Waals surface area contributed by atoms with Crippen LogP contribution in [0.4, 0.5) is 10.5 Å². The average molecular weight is 260 g/mol. The van der Waals surface area contributed by atoms with Crippen LogP contribution in [-0.4, -0.2) is 31.3 Å². The van der Waals surface area contributed by atoms with E-state index < -0.39 is 0 Å². The van der Waals surface area contributed by atoms with E-state index in [4.69, 9.17) is 4.74 Å². The Morgan fingerprint density at radius 3 is 2.95 bits per heavy atom. The Balaban J connectivity index is 2.00. The molecule has 19 heavy (non-hydrogen) atoms. The predicted octanol–water partition coefficient (Wildman–Crippen LogP) is 2.46. The van der Waals surface area contributed by atoms with E-state index in [1.165, 1.54) is 0 Å². The molecule has 0 bridgehead atoms. The van der Waals surface area contributed by atoms with E-state index in [0.29, 0.717) is 6.61 Å². The van der Waals surface area contributed by atoms with Crippen molar-refractivity contribution in [3.05, 3.63) is 29.8 Å². The van der Waals surface area contributed by atoms with Crippen molar-refractivity contribution in [3.8, 4) is 0 Å². The van der Waals surface area contributed by atoms with Gasteiger partial charge >= 0.3 is 6.09 Å². The molecule has 1 aromatic rings. The van der Waals surface area contributed by atoms with Gasteiger partial charge in [0.05, 0.1) is 11.2 Å². The van der Waals surface area contributed by atoms with E-state index in [2.05, 4.69) is 5.32 Å². The highest BCUT2D eigenvalue weighted by Crippen LogP contribution is 2.38. The molecule has 2 fully saturated rings. The lowest BCUT2D eigenvalue weighted by molar-refractivity contribution is 0.170. The van der Waals surface area contributed by atoms with Crippen LogP contribution in [-0.2, 0) is 4.74 Å². The van der Waals surface area contributed by atoms with E-state index >= 15 is 0 Å². The first-order chi connectivity index (χ1) is 9.23. The molecular formula is C15H20N2O2. The molecule has 2 heterocycles. The molecule has 4 nitrogen and oxygen atoms in total. The standard InChI is InChI=1S/C15H20N2O2/c1-12-5-2-3-6-13(12)17-14(18)19-11-15(17)7-4-9-16-10-8-15/h2-3,5-6,16H,4,7-11H2,1H3. The number of nitrogens with zero attached hydrogens (tertiary/aromatic N) is 1. The number of rotatable bonds is 1. The van der Waals surface area contributed by atoms with E-state index in [1.54, 1.807) is 0 Å². The van der Waals surface area contributed by atoms with E-state index in [-0.39, 0.29) is 11.6 Å². The second-order valence-corrected chi connectivity index (χ2v) is 5.50. The minimum Gasteiger partial charge on any atom is -0.447 e.